The van der Waals surface area contributed by atoms with E-state index in [9.17, 15) is 0 Å². The molecule has 0 saturated carbocycles. The van der Waals surface area contributed by atoms with Crippen molar-refractivity contribution in [3.05, 3.63) is 77.4 Å². The second-order valence-electron chi connectivity index (χ2n) is 9.56. The van der Waals surface area contributed by atoms with Crippen LogP contribution in [0.15, 0.2) is 71.4 Å². The third kappa shape index (κ3) is 15.4. The summed E-state index contributed by atoms with van der Waals surface area (Å²) in [6.45, 7) is 22.7. The smallest absolute Gasteiger partial charge is 0.119 e. The number of para-hydroxylation sites is 1. The molecule has 0 N–H and O–H groups in total. The van der Waals surface area contributed by atoms with E-state index in [1.165, 1.54) is 16.7 Å². The van der Waals surface area contributed by atoms with Crippen LogP contribution in [0.2, 0.25) is 13.1 Å². The minimum absolute atomic E-state index is 0. The largest absolute Gasteiger partial charge is 0.489 e. The minimum atomic E-state index is 0. The van der Waals surface area contributed by atoms with Crippen molar-refractivity contribution in [1.29, 1.82) is 0 Å². The fourth-order valence-electron chi connectivity index (χ4n) is 2.59. The summed E-state index contributed by atoms with van der Waals surface area (Å²) in [6, 6.07) is 10.0. The fraction of sp³-hybridized carbons (Fsp3) is 0.500. The maximum Gasteiger partial charge on any atom is 0.119 e. The Kier molecular flexibility index (Phi) is 17.1. The Morgan fingerprint density at radius 2 is 1.58 bits per heavy atom. The van der Waals surface area contributed by atoms with Crippen LogP contribution in [0.1, 0.15) is 61.8 Å². The van der Waals surface area contributed by atoms with Crippen LogP contribution in [0.4, 0.5) is 0 Å². The zero-order valence-corrected chi connectivity index (χ0v) is 24.3. The van der Waals surface area contributed by atoms with Gasteiger partial charge in [-0.2, -0.15) is 6.08 Å². The molecule has 0 saturated heterocycles. The van der Waals surface area contributed by atoms with Crippen molar-refractivity contribution in [1.82, 2.24) is 0 Å². The molecule has 0 aromatic heterocycles. The van der Waals surface area contributed by atoms with Crippen molar-refractivity contribution in [2.45, 2.75) is 74.9 Å². The van der Waals surface area contributed by atoms with Crippen molar-refractivity contribution in [2.75, 3.05) is 6.61 Å². The van der Waals surface area contributed by atoms with Crippen LogP contribution in [0.25, 0.3) is 0 Å². The van der Waals surface area contributed by atoms with Crippen LogP contribution in [0, 0.1) is 16.9 Å². The van der Waals surface area contributed by atoms with Gasteiger partial charge in [-0.1, -0.05) is 91.9 Å². The van der Waals surface area contributed by atoms with E-state index in [0.29, 0.717) is 6.61 Å². The van der Waals surface area contributed by atoms with Gasteiger partial charge in [0.25, 0.3) is 0 Å². The van der Waals surface area contributed by atoms with Crippen molar-refractivity contribution < 1.29 is 26.5 Å². The second kappa shape index (κ2) is 16.5. The zero-order valence-electron chi connectivity index (χ0n) is 21.6. The van der Waals surface area contributed by atoms with Gasteiger partial charge in [0, 0.05) is 31.2 Å². The summed E-state index contributed by atoms with van der Waals surface area (Å²) in [5, 5.41) is 0. The van der Waals surface area contributed by atoms with Crippen molar-refractivity contribution in [3.63, 3.8) is 0 Å². The molecule has 1 aliphatic rings. The van der Waals surface area contributed by atoms with Gasteiger partial charge in [-0.25, -0.2) is 11.6 Å². The Morgan fingerprint density at radius 3 is 1.90 bits per heavy atom. The molecule has 0 fully saturated rings. The Morgan fingerprint density at radius 1 is 1.03 bits per heavy atom. The topological polar surface area (TPSA) is 9.23 Å². The Balaban J connectivity index is 0. The molecule has 1 radical (unpaired) electrons. The molecule has 1 aromatic carbocycles. The standard InChI is InChI=1S/C20H30O.C6H7.C2H7Si.Ti/c1-8-16(19(2,3)4)14-17(20(5,6)7)15-21-18-12-10-9-11-13-18;1-6-4-2-3-5-6;1-3-2;/h8-14H,15H2,1-7H3;2,4H,3H2,1H3;3H,1-2H3;/q;-1;;. The molecule has 1 aliphatic carbocycles. The maximum atomic E-state index is 5.96. The molecule has 0 bridgehead atoms. The van der Waals surface area contributed by atoms with Crippen molar-refractivity contribution in [2.24, 2.45) is 10.8 Å². The SMILES string of the molecule is CC1=[C-]CC=C1.CC=C(C=C(COc1ccccc1)C(C)(C)C)C(C)(C)C.C[SiH]C.[Ti]. The van der Waals surface area contributed by atoms with Gasteiger partial charge in [0.2, 0.25) is 0 Å². The monoisotopic (exact) mass is 472 g/mol. The van der Waals surface area contributed by atoms with Crippen LogP contribution >= 0.6 is 0 Å². The molecule has 0 unspecified atom stereocenters. The average molecular weight is 473 g/mol. The molecule has 1 nitrogen and oxygen atoms in total. The number of hydrogen-bond donors (Lipinski definition) is 0. The first-order valence-corrected chi connectivity index (χ1v) is 13.3. The average Bonchev–Trinajstić information content (AvgIpc) is 3.13. The summed E-state index contributed by atoms with van der Waals surface area (Å²) in [6.07, 6.45) is 12.8. The fourth-order valence-corrected chi connectivity index (χ4v) is 2.59. The van der Waals surface area contributed by atoms with Gasteiger partial charge < -0.3 is 4.74 Å². The quantitative estimate of drug-likeness (QED) is 0.244. The number of hydrogen-bond acceptors (Lipinski definition) is 1. The zero-order chi connectivity index (χ0) is 23.2. The van der Waals surface area contributed by atoms with E-state index in [-0.39, 0.29) is 32.5 Å². The van der Waals surface area contributed by atoms with Crippen LogP contribution in [0.5, 0.6) is 5.75 Å². The van der Waals surface area contributed by atoms with Gasteiger partial charge in [0.15, 0.2) is 0 Å². The van der Waals surface area contributed by atoms with E-state index in [1.54, 1.807) is 0 Å². The first-order chi connectivity index (χ1) is 14.0. The van der Waals surface area contributed by atoms with Gasteiger partial charge in [0.05, 0.1) is 0 Å². The summed E-state index contributed by atoms with van der Waals surface area (Å²) < 4.78 is 5.96. The van der Waals surface area contributed by atoms with Crippen LogP contribution in [-0.4, -0.2) is 16.1 Å². The van der Waals surface area contributed by atoms with Crippen LogP contribution in [-0.2, 0) is 21.7 Å². The number of benzene rings is 1. The van der Waals surface area contributed by atoms with Gasteiger partial charge in [-0.3, -0.25) is 6.08 Å². The van der Waals surface area contributed by atoms with E-state index in [2.05, 4.69) is 98.9 Å². The molecule has 1 aromatic rings. The predicted molar refractivity (Wildman–Crippen MR) is 138 cm³/mol. The summed E-state index contributed by atoms with van der Waals surface area (Å²) in [5.74, 6) is 0.922. The van der Waals surface area contributed by atoms with E-state index >= 15 is 0 Å². The maximum absolute atomic E-state index is 5.96. The molecule has 3 heteroatoms. The van der Waals surface area contributed by atoms with E-state index in [4.69, 9.17) is 4.74 Å². The van der Waals surface area contributed by atoms with Crippen molar-refractivity contribution in [3.8, 4) is 5.75 Å². The van der Waals surface area contributed by atoms with Gasteiger partial charge in [-0.15, -0.1) is 6.42 Å². The van der Waals surface area contributed by atoms with Gasteiger partial charge >= 0.3 is 0 Å². The Labute approximate surface area is 210 Å². The first kappa shape index (κ1) is 32.1. The summed E-state index contributed by atoms with van der Waals surface area (Å²) in [5.41, 5.74) is 4.18. The Bertz CT molecular complexity index is 711. The van der Waals surface area contributed by atoms with E-state index in [1.807, 2.05) is 30.3 Å². The first-order valence-electron chi connectivity index (χ1n) is 11.0. The summed E-state index contributed by atoms with van der Waals surface area (Å²) in [7, 11) is 0.750. The third-order valence-corrected chi connectivity index (χ3v) is 4.47. The van der Waals surface area contributed by atoms with E-state index in [0.717, 1.165) is 21.7 Å². The third-order valence-electron chi connectivity index (χ3n) is 4.47. The van der Waals surface area contributed by atoms with Gasteiger partial charge in [0.1, 0.15) is 12.4 Å². The molecule has 0 aliphatic heterocycles. The molecule has 2 rings (SSSR count). The van der Waals surface area contributed by atoms with Gasteiger partial charge in [-0.05, 0) is 41.0 Å². The number of ether oxygens (including phenoxy) is 1. The Hall–Kier alpha value is -1.09. The van der Waals surface area contributed by atoms with Crippen LogP contribution < -0.4 is 4.74 Å². The molecule has 0 amide bonds. The predicted octanol–water partition coefficient (Wildman–Crippen LogP) is 8.24. The van der Waals surface area contributed by atoms with Crippen molar-refractivity contribution >= 4 is 9.52 Å². The molecular weight excluding hydrogens is 428 g/mol. The second-order valence-corrected chi connectivity index (χ2v) is 10.7. The molecule has 0 atom stereocenters. The number of allylic oxidation sites excluding steroid dienone is 7. The normalized spacial score (nSPS) is 13.8. The summed E-state index contributed by atoms with van der Waals surface area (Å²) in [4.78, 5) is 0. The molecule has 171 valence electrons. The molecule has 0 spiro atoms. The molecular formula is C28H44OSiTi-. The molecule has 31 heavy (non-hydrogen) atoms. The summed E-state index contributed by atoms with van der Waals surface area (Å²) >= 11 is 0. The molecule has 0 heterocycles. The van der Waals surface area contributed by atoms with Crippen LogP contribution in [0.3, 0.4) is 0 Å². The minimum Gasteiger partial charge on any atom is -0.489 e. The number of rotatable bonds is 4. The van der Waals surface area contributed by atoms with E-state index < -0.39 is 0 Å².